The molecule has 2 aromatic carbocycles. The van der Waals surface area contributed by atoms with Crippen LogP contribution in [-0.4, -0.2) is 42.7 Å². The third kappa shape index (κ3) is 2.80. The zero-order valence-corrected chi connectivity index (χ0v) is 15.5. The van der Waals surface area contributed by atoms with E-state index in [1.807, 2.05) is 6.07 Å². The van der Waals surface area contributed by atoms with Gasteiger partial charge in [-0.1, -0.05) is 6.07 Å². The van der Waals surface area contributed by atoms with Crippen LogP contribution in [0.3, 0.4) is 0 Å². The van der Waals surface area contributed by atoms with Crippen molar-refractivity contribution in [3.05, 3.63) is 53.3 Å². The van der Waals surface area contributed by atoms with Gasteiger partial charge in [0.25, 0.3) is 5.91 Å². The number of benzene rings is 2. The Kier molecular flexibility index (Phi) is 4.43. The minimum absolute atomic E-state index is 0.240. The van der Waals surface area contributed by atoms with Gasteiger partial charge >= 0.3 is 0 Å². The minimum Gasteiger partial charge on any atom is -0.493 e. The highest BCUT2D eigenvalue weighted by Gasteiger charge is 2.50. The number of nitrogens with zero attached hydrogens (tertiary/aromatic N) is 1. The largest absolute Gasteiger partial charge is 0.493 e. The van der Waals surface area contributed by atoms with Crippen LogP contribution < -0.4 is 14.8 Å². The van der Waals surface area contributed by atoms with Gasteiger partial charge in [-0.05, 0) is 30.3 Å². The molecule has 2 amide bonds. The SMILES string of the molecule is COc1ccc2c(c1OC)C(=O)N1C(C(=O)Nc3ccc(F)cc3)CSC21. The Labute approximate surface area is 159 Å². The average Bonchev–Trinajstić information content (AvgIpc) is 3.23. The van der Waals surface area contributed by atoms with Crippen LogP contribution in [-0.2, 0) is 4.79 Å². The summed E-state index contributed by atoms with van der Waals surface area (Å²) < 4.78 is 23.7. The summed E-state index contributed by atoms with van der Waals surface area (Å²) in [6, 6.07) is 8.50. The van der Waals surface area contributed by atoms with E-state index in [-0.39, 0.29) is 23.0 Å². The van der Waals surface area contributed by atoms with Gasteiger partial charge in [0, 0.05) is 17.0 Å². The molecule has 1 fully saturated rings. The Morgan fingerprint density at radius 2 is 1.93 bits per heavy atom. The molecule has 0 radical (unpaired) electrons. The van der Waals surface area contributed by atoms with Crippen molar-refractivity contribution in [2.24, 2.45) is 0 Å². The normalized spacial score (nSPS) is 20.3. The number of halogens is 1. The lowest BCUT2D eigenvalue weighted by Crippen LogP contribution is -2.42. The molecule has 2 atom stereocenters. The number of fused-ring (bicyclic) bond motifs is 3. The summed E-state index contributed by atoms with van der Waals surface area (Å²) in [6.45, 7) is 0. The molecule has 2 heterocycles. The molecule has 2 unspecified atom stereocenters. The number of methoxy groups -OCH3 is 2. The van der Waals surface area contributed by atoms with Gasteiger partial charge in [-0.15, -0.1) is 11.8 Å². The predicted octanol–water partition coefficient (Wildman–Crippen LogP) is 3.05. The third-order valence-electron chi connectivity index (χ3n) is 4.71. The van der Waals surface area contributed by atoms with E-state index in [0.717, 1.165) is 5.56 Å². The van der Waals surface area contributed by atoms with Crippen LogP contribution in [0, 0.1) is 5.82 Å². The Balaban J connectivity index is 1.62. The lowest BCUT2D eigenvalue weighted by atomic mass is 10.1. The molecule has 4 rings (SSSR count). The zero-order valence-electron chi connectivity index (χ0n) is 14.7. The van der Waals surface area contributed by atoms with E-state index in [9.17, 15) is 14.0 Å². The molecular formula is C19H17FN2O4S. The van der Waals surface area contributed by atoms with Gasteiger partial charge < -0.3 is 19.7 Å². The van der Waals surface area contributed by atoms with E-state index in [2.05, 4.69) is 5.32 Å². The fraction of sp³-hybridized carbons (Fsp3) is 0.263. The third-order valence-corrected chi connectivity index (χ3v) is 6.01. The van der Waals surface area contributed by atoms with Gasteiger partial charge in [-0.25, -0.2) is 4.39 Å². The van der Waals surface area contributed by atoms with Crippen LogP contribution in [0.5, 0.6) is 11.5 Å². The van der Waals surface area contributed by atoms with Crippen molar-refractivity contribution < 1.29 is 23.5 Å². The van der Waals surface area contributed by atoms with E-state index in [4.69, 9.17) is 9.47 Å². The van der Waals surface area contributed by atoms with Crippen LogP contribution in [0.25, 0.3) is 0 Å². The van der Waals surface area contributed by atoms with E-state index >= 15 is 0 Å². The maximum Gasteiger partial charge on any atom is 0.260 e. The first-order chi connectivity index (χ1) is 13.0. The molecular weight excluding hydrogens is 371 g/mol. The van der Waals surface area contributed by atoms with Gasteiger partial charge in [0.2, 0.25) is 5.91 Å². The smallest absolute Gasteiger partial charge is 0.260 e. The molecule has 0 aliphatic carbocycles. The van der Waals surface area contributed by atoms with Crippen molar-refractivity contribution in [2.75, 3.05) is 25.3 Å². The molecule has 6 nitrogen and oxygen atoms in total. The summed E-state index contributed by atoms with van der Waals surface area (Å²) in [5.74, 6) is 0.405. The van der Waals surface area contributed by atoms with Gasteiger partial charge in [0.15, 0.2) is 11.5 Å². The number of rotatable bonds is 4. The Morgan fingerprint density at radius 1 is 1.19 bits per heavy atom. The molecule has 1 N–H and O–H groups in total. The quantitative estimate of drug-likeness (QED) is 0.872. The summed E-state index contributed by atoms with van der Waals surface area (Å²) in [6.07, 6.45) is 0. The Bertz CT molecular complexity index is 919. The second kappa shape index (κ2) is 6.77. The Hall–Kier alpha value is -2.74. The van der Waals surface area contributed by atoms with Crippen LogP contribution in [0.15, 0.2) is 36.4 Å². The molecule has 1 saturated heterocycles. The van der Waals surface area contributed by atoms with Crippen molar-refractivity contribution in [2.45, 2.75) is 11.4 Å². The molecule has 0 bridgehead atoms. The summed E-state index contributed by atoms with van der Waals surface area (Å²) in [5.41, 5.74) is 1.74. The standard InChI is InChI=1S/C19H17FN2O4S/c1-25-14-8-7-12-15(16(14)26-2)18(24)22-13(9-27-19(12)22)17(23)21-11-5-3-10(20)4-6-11/h3-8,13,19H,9H2,1-2H3,(H,21,23). The number of anilines is 1. The van der Waals surface area contributed by atoms with Crippen molar-refractivity contribution in [1.29, 1.82) is 0 Å². The molecule has 2 aliphatic heterocycles. The summed E-state index contributed by atoms with van der Waals surface area (Å²) in [7, 11) is 3.00. The fourth-order valence-corrected chi connectivity index (χ4v) is 4.91. The molecule has 0 aromatic heterocycles. The maximum absolute atomic E-state index is 13.1. The monoisotopic (exact) mass is 388 g/mol. The first-order valence-electron chi connectivity index (χ1n) is 8.30. The highest BCUT2D eigenvalue weighted by Crippen LogP contribution is 2.52. The minimum atomic E-state index is -0.624. The van der Waals surface area contributed by atoms with Crippen molar-refractivity contribution in [3.63, 3.8) is 0 Å². The maximum atomic E-state index is 13.1. The van der Waals surface area contributed by atoms with Crippen LogP contribution in [0.1, 0.15) is 21.3 Å². The van der Waals surface area contributed by atoms with Crippen LogP contribution >= 0.6 is 11.8 Å². The number of nitrogens with one attached hydrogen (secondary N) is 1. The van der Waals surface area contributed by atoms with Crippen molar-refractivity contribution in [1.82, 2.24) is 4.90 Å². The summed E-state index contributed by atoms with van der Waals surface area (Å²) in [5, 5.41) is 2.51. The topological polar surface area (TPSA) is 67.9 Å². The Morgan fingerprint density at radius 3 is 2.59 bits per heavy atom. The van der Waals surface area contributed by atoms with E-state index in [0.29, 0.717) is 28.5 Å². The predicted molar refractivity (Wildman–Crippen MR) is 99.7 cm³/mol. The molecule has 2 aliphatic rings. The van der Waals surface area contributed by atoms with Gasteiger partial charge in [-0.2, -0.15) is 0 Å². The van der Waals surface area contributed by atoms with Gasteiger partial charge in [0.05, 0.1) is 19.8 Å². The second-order valence-corrected chi connectivity index (χ2v) is 7.29. The number of amides is 2. The van der Waals surface area contributed by atoms with Crippen molar-refractivity contribution >= 4 is 29.3 Å². The number of carbonyl (C=O) groups excluding carboxylic acids is 2. The second-order valence-electron chi connectivity index (χ2n) is 6.18. The number of thioether (sulfide) groups is 1. The number of carbonyl (C=O) groups is 2. The highest BCUT2D eigenvalue weighted by molar-refractivity contribution is 7.99. The molecule has 27 heavy (non-hydrogen) atoms. The first-order valence-corrected chi connectivity index (χ1v) is 9.35. The van der Waals surface area contributed by atoms with Crippen LogP contribution in [0.2, 0.25) is 0 Å². The summed E-state index contributed by atoms with van der Waals surface area (Å²) >= 11 is 1.53. The number of ether oxygens (including phenoxy) is 2. The number of hydrogen-bond donors (Lipinski definition) is 1. The molecule has 8 heteroatoms. The van der Waals surface area contributed by atoms with E-state index in [1.165, 1.54) is 50.2 Å². The van der Waals surface area contributed by atoms with Gasteiger partial charge in [0.1, 0.15) is 17.2 Å². The molecule has 0 spiro atoms. The molecule has 2 aromatic rings. The molecule has 140 valence electrons. The van der Waals surface area contributed by atoms with Crippen molar-refractivity contribution in [3.8, 4) is 11.5 Å². The number of hydrogen-bond acceptors (Lipinski definition) is 5. The van der Waals surface area contributed by atoms with E-state index in [1.54, 1.807) is 11.0 Å². The lowest BCUT2D eigenvalue weighted by molar-refractivity contribution is -0.119. The average molecular weight is 388 g/mol. The van der Waals surface area contributed by atoms with Gasteiger partial charge in [-0.3, -0.25) is 9.59 Å². The first kappa shape index (κ1) is 17.7. The lowest BCUT2D eigenvalue weighted by Gasteiger charge is -2.22. The van der Waals surface area contributed by atoms with E-state index < -0.39 is 6.04 Å². The highest BCUT2D eigenvalue weighted by atomic mass is 32.2. The zero-order chi connectivity index (χ0) is 19.1. The fourth-order valence-electron chi connectivity index (χ4n) is 3.45. The molecule has 0 saturated carbocycles. The van der Waals surface area contributed by atoms with Crippen LogP contribution in [0.4, 0.5) is 10.1 Å². The summed E-state index contributed by atoms with van der Waals surface area (Å²) in [4.78, 5) is 27.4.